The first-order valence-electron chi connectivity index (χ1n) is 9.01. The van der Waals surface area contributed by atoms with Gasteiger partial charge in [0.1, 0.15) is 5.75 Å². The Morgan fingerprint density at radius 1 is 1.23 bits per heavy atom. The Labute approximate surface area is 152 Å². The highest BCUT2D eigenvalue weighted by Gasteiger charge is 2.29. The molecule has 1 aromatic carbocycles. The summed E-state index contributed by atoms with van der Waals surface area (Å²) in [6, 6.07) is 7.11. The van der Waals surface area contributed by atoms with Crippen LogP contribution in [0.5, 0.6) is 5.75 Å². The highest BCUT2D eigenvalue weighted by Crippen LogP contribution is 2.32. The van der Waals surface area contributed by atoms with Gasteiger partial charge in [-0.15, -0.1) is 0 Å². The number of rotatable bonds is 8. The number of anilines is 1. The van der Waals surface area contributed by atoms with E-state index in [-0.39, 0.29) is 31.1 Å². The van der Waals surface area contributed by atoms with E-state index in [4.69, 9.17) is 9.47 Å². The smallest absolute Gasteiger partial charge is 0.344 e. The maximum Gasteiger partial charge on any atom is 0.344 e. The summed E-state index contributed by atoms with van der Waals surface area (Å²) in [5.74, 6) is 0.285. The van der Waals surface area contributed by atoms with Crippen LogP contribution in [0.2, 0.25) is 0 Å². The molecule has 7 heteroatoms. The lowest BCUT2D eigenvalue weighted by atomic mass is 10.2. The van der Waals surface area contributed by atoms with Crippen molar-refractivity contribution >= 4 is 23.5 Å². The molecule has 2 amide bonds. The minimum atomic E-state index is -0.599. The van der Waals surface area contributed by atoms with Gasteiger partial charge in [0.05, 0.1) is 0 Å². The molecule has 1 saturated heterocycles. The van der Waals surface area contributed by atoms with E-state index in [1.54, 1.807) is 29.2 Å². The van der Waals surface area contributed by atoms with E-state index in [0.717, 1.165) is 31.5 Å². The molecule has 1 saturated carbocycles. The predicted octanol–water partition coefficient (Wildman–Crippen LogP) is 1.65. The van der Waals surface area contributed by atoms with Gasteiger partial charge in [0, 0.05) is 24.7 Å². The Hall–Kier alpha value is -2.57. The van der Waals surface area contributed by atoms with Crippen molar-refractivity contribution < 1.29 is 23.9 Å². The Bertz CT molecular complexity index is 669. The maximum absolute atomic E-state index is 11.7. The molecule has 1 aliphatic heterocycles. The standard InChI is InChI=1S/C19H24N2O5/c1-13(14-4-5-14)20-17(22)11-26-19(24)12-25-16-8-6-15(7-9-16)21-10-2-3-18(21)23/h6-9,13-14H,2-5,10-12H2,1H3,(H,20,22). The van der Waals surface area contributed by atoms with Crippen LogP contribution in [0.4, 0.5) is 5.69 Å². The quantitative estimate of drug-likeness (QED) is 0.713. The first-order chi connectivity index (χ1) is 12.5. The average molecular weight is 360 g/mol. The van der Waals surface area contributed by atoms with Gasteiger partial charge in [0.2, 0.25) is 5.91 Å². The maximum atomic E-state index is 11.7. The largest absolute Gasteiger partial charge is 0.482 e. The van der Waals surface area contributed by atoms with Gasteiger partial charge in [-0.1, -0.05) is 0 Å². The third-order valence-electron chi connectivity index (χ3n) is 4.66. The van der Waals surface area contributed by atoms with Gasteiger partial charge in [-0.05, 0) is 56.4 Å². The fourth-order valence-electron chi connectivity index (χ4n) is 2.98. The first kappa shape index (κ1) is 18.2. The van der Waals surface area contributed by atoms with Crippen molar-refractivity contribution in [1.82, 2.24) is 5.32 Å². The Balaban J connectivity index is 1.37. The normalized spacial score (nSPS) is 17.7. The minimum Gasteiger partial charge on any atom is -0.482 e. The first-order valence-corrected chi connectivity index (χ1v) is 9.01. The fraction of sp³-hybridized carbons (Fsp3) is 0.526. The summed E-state index contributed by atoms with van der Waals surface area (Å²) in [5, 5.41) is 2.82. The lowest BCUT2D eigenvalue weighted by Crippen LogP contribution is -2.37. The zero-order valence-electron chi connectivity index (χ0n) is 14.9. The van der Waals surface area contributed by atoms with E-state index in [0.29, 0.717) is 18.1 Å². The summed E-state index contributed by atoms with van der Waals surface area (Å²) >= 11 is 0. The lowest BCUT2D eigenvalue weighted by molar-refractivity contribution is -0.150. The molecule has 140 valence electrons. The van der Waals surface area contributed by atoms with Crippen LogP contribution in [0, 0.1) is 5.92 Å². The summed E-state index contributed by atoms with van der Waals surface area (Å²) < 4.78 is 10.3. The summed E-state index contributed by atoms with van der Waals surface area (Å²) in [6.07, 6.45) is 3.73. The van der Waals surface area contributed by atoms with E-state index in [1.165, 1.54) is 0 Å². The zero-order valence-corrected chi connectivity index (χ0v) is 14.9. The van der Waals surface area contributed by atoms with Crippen LogP contribution in [-0.2, 0) is 19.1 Å². The molecule has 2 fully saturated rings. The zero-order chi connectivity index (χ0) is 18.5. The molecule has 1 unspecified atom stereocenters. The van der Waals surface area contributed by atoms with Gasteiger partial charge in [-0.25, -0.2) is 4.79 Å². The molecule has 0 aromatic heterocycles. The molecule has 1 N–H and O–H groups in total. The van der Waals surface area contributed by atoms with Crippen LogP contribution in [0.15, 0.2) is 24.3 Å². The van der Waals surface area contributed by atoms with Gasteiger partial charge in [-0.3, -0.25) is 9.59 Å². The molecule has 1 aliphatic carbocycles. The van der Waals surface area contributed by atoms with Gasteiger partial charge in [-0.2, -0.15) is 0 Å². The van der Waals surface area contributed by atoms with Crippen LogP contribution in [-0.4, -0.2) is 43.6 Å². The molecular formula is C19H24N2O5. The lowest BCUT2D eigenvalue weighted by Gasteiger charge is -2.16. The van der Waals surface area contributed by atoms with E-state index >= 15 is 0 Å². The number of ether oxygens (including phenoxy) is 2. The number of nitrogens with one attached hydrogen (secondary N) is 1. The summed E-state index contributed by atoms with van der Waals surface area (Å²) in [7, 11) is 0. The van der Waals surface area contributed by atoms with Crippen LogP contribution < -0.4 is 15.0 Å². The minimum absolute atomic E-state index is 0.122. The van der Waals surface area contributed by atoms with Crippen LogP contribution >= 0.6 is 0 Å². The van der Waals surface area contributed by atoms with E-state index < -0.39 is 5.97 Å². The van der Waals surface area contributed by atoms with Gasteiger partial charge in [0.25, 0.3) is 5.91 Å². The number of esters is 1. The van der Waals surface area contributed by atoms with Crippen molar-refractivity contribution in [2.45, 2.75) is 38.6 Å². The summed E-state index contributed by atoms with van der Waals surface area (Å²) in [6.45, 7) is 2.12. The second-order valence-electron chi connectivity index (χ2n) is 6.79. The molecule has 26 heavy (non-hydrogen) atoms. The van der Waals surface area contributed by atoms with E-state index in [2.05, 4.69) is 5.32 Å². The van der Waals surface area contributed by atoms with E-state index in [9.17, 15) is 14.4 Å². The van der Waals surface area contributed by atoms with Crippen molar-refractivity contribution in [2.75, 3.05) is 24.7 Å². The van der Waals surface area contributed by atoms with Crippen molar-refractivity contribution in [3.63, 3.8) is 0 Å². The molecule has 0 spiro atoms. The molecule has 1 atom stereocenters. The average Bonchev–Trinajstić information content (AvgIpc) is 3.40. The molecule has 7 nitrogen and oxygen atoms in total. The number of carbonyl (C=O) groups excluding carboxylic acids is 3. The van der Waals surface area contributed by atoms with Crippen LogP contribution in [0.3, 0.4) is 0 Å². The molecule has 0 bridgehead atoms. The van der Waals surface area contributed by atoms with Gasteiger partial charge in [0.15, 0.2) is 13.2 Å². The second-order valence-corrected chi connectivity index (χ2v) is 6.79. The predicted molar refractivity (Wildman–Crippen MR) is 94.8 cm³/mol. The number of carbonyl (C=O) groups is 3. The molecule has 3 rings (SSSR count). The van der Waals surface area contributed by atoms with Crippen molar-refractivity contribution in [1.29, 1.82) is 0 Å². The van der Waals surface area contributed by atoms with E-state index in [1.807, 2.05) is 6.92 Å². The van der Waals surface area contributed by atoms with Crippen LogP contribution in [0.25, 0.3) is 0 Å². The Morgan fingerprint density at radius 2 is 1.96 bits per heavy atom. The fourth-order valence-corrected chi connectivity index (χ4v) is 2.98. The molecule has 1 aromatic rings. The third-order valence-corrected chi connectivity index (χ3v) is 4.66. The highest BCUT2D eigenvalue weighted by atomic mass is 16.6. The SMILES string of the molecule is CC(NC(=O)COC(=O)COc1ccc(N2CCCC2=O)cc1)C1CC1. The monoisotopic (exact) mass is 360 g/mol. The van der Waals surface area contributed by atoms with Gasteiger partial charge >= 0.3 is 5.97 Å². The number of amides is 2. The number of hydrogen-bond donors (Lipinski definition) is 1. The van der Waals surface area contributed by atoms with Crippen molar-refractivity contribution in [3.05, 3.63) is 24.3 Å². The Morgan fingerprint density at radius 3 is 2.58 bits per heavy atom. The molecular weight excluding hydrogens is 336 g/mol. The van der Waals surface area contributed by atoms with Gasteiger partial charge < -0.3 is 19.7 Å². The number of benzene rings is 1. The second kappa shape index (κ2) is 8.21. The number of nitrogens with zero attached hydrogens (tertiary/aromatic N) is 1. The Kier molecular flexibility index (Phi) is 5.75. The summed E-state index contributed by atoms with van der Waals surface area (Å²) in [4.78, 5) is 36.8. The molecule has 0 radical (unpaired) electrons. The third kappa shape index (κ3) is 4.97. The highest BCUT2D eigenvalue weighted by molar-refractivity contribution is 5.95. The molecule has 1 heterocycles. The van der Waals surface area contributed by atoms with Crippen molar-refractivity contribution in [3.8, 4) is 5.75 Å². The number of hydrogen-bond acceptors (Lipinski definition) is 5. The topological polar surface area (TPSA) is 84.9 Å². The van der Waals surface area contributed by atoms with Crippen molar-refractivity contribution in [2.24, 2.45) is 5.92 Å². The van der Waals surface area contributed by atoms with Crippen LogP contribution in [0.1, 0.15) is 32.6 Å². The molecule has 2 aliphatic rings. The summed E-state index contributed by atoms with van der Waals surface area (Å²) in [5.41, 5.74) is 0.823.